The van der Waals surface area contributed by atoms with Gasteiger partial charge in [-0.2, -0.15) is 0 Å². The first kappa shape index (κ1) is 19.5. The van der Waals surface area contributed by atoms with Crippen molar-refractivity contribution in [1.29, 1.82) is 0 Å². The molecule has 0 bridgehead atoms. The Morgan fingerprint density at radius 2 is 1.06 bits per heavy atom. The maximum absolute atomic E-state index is 2.55. The Balaban J connectivity index is 1.71. The molecule has 0 amide bonds. The number of aryl methyl sites for hydroxylation is 1. The molecule has 6 aromatic rings. The van der Waals surface area contributed by atoms with Gasteiger partial charge in [0.2, 0.25) is 0 Å². The van der Waals surface area contributed by atoms with E-state index in [-0.39, 0.29) is 0 Å². The maximum Gasteiger partial charge on any atom is 0.180 e. The summed E-state index contributed by atoms with van der Waals surface area (Å²) in [5.41, 5.74) is 4.14. The molecular formula is C33H24Si. The predicted octanol–water partition coefficient (Wildman–Crippen LogP) is 5.66. The molecule has 160 valence electrons. The lowest BCUT2D eigenvalue weighted by Crippen LogP contribution is -2.72. The first-order valence-electron chi connectivity index (χ1n) is 12.0. The Hall–Kier alpha value is -3.94. The number of hydrogen-bond donors (Lipinski definition) is 0. The highest BCUT2D eigenvalue weighted by Gasteiger charge is 2.48. The second kappa shape index (κ2) is 7.28. The van der Waals surface area contributed by atoms with E-state index in [0.29, 0.717) is 0 Å². The van der Waals surface area contributed by atoms with Crippen LogP contribution in [0.25, 0.3) is 32.7 Å². The summed E-state index contributed by atoms with van der Waals surface area (Å²) in [5, 5.41) is 11.3. The van der Waals surface area contributed by atoms with Crippen molar-refractivity contribution in [2.24, 2.45) is 0 Å². The fourth-order valence-electron chi connectivity index (χ4n) is 6.22. The van der Waals surface area contributed by atoms with E-state index in [0.717, 1.165) is 0 Å². The van der Waals surface area contributed by atoms with Gasteiger partial charge in [0, 0.05) is 0 Å². The van der Waals surface area contributed by atoms with Gasteiger partial charge in [0.05, 0.1) is 0 Å². The minimum absolute atomic E-state index is 1.31. The van der Waals surface area contributed by atoms with Crippen LogP contribution in [0.3, 0.4) is 0 Å². The van der Waals surface area contributed by atoms with Gasteiger partial charge >= 0.3 is 0 Å². The van der Waals surface area contributed by atoms with E-state index in [1.54, 1.807) is 0 Å². The summed E-state index contributed by atoms with van der Waals surface area (Å²) in [6, 6.07) is 47.8. The van der Waals surface area contributed by atoms with E-state index >= 15 is 0 Å². The molecule has 0 saturated heterocycles. The molecule has 0 aromatic heterocycles. The van der Waals surface area contributed by atoms with Gasteiger partial charge in [-0.1, -0.05) is 121 Å². The largest absolute Gasteiger partial charge is 0.180 e. The quantitative estimate of drug-likeness (QED) is 0.236. The Labute approximate surface area is 201 Å². The monoisotopic (exact) mass is 448 g/mol. The lowest BCUT2D eigenvalue weighted by molar-refractivity contribution is 1.56. The average Bonchev–Trinajstić information content (AvgIpc) is 3.19. The van der Waals surface area contributed by atoms with Crippen molar-refractivity contribution in [3.05, 3.63) is 133 Å². The minimum Gasteiger partial charge on any atom is -0.0623 e. The van der Waals surface area contributed by atoms with Crippen LogP contribution in [0.5, 0.6) is 0 Å². The highest BCUT2D eigenvalue weighted by Crippen LogP contribution is 2.35. The molecule has 0 unspecified atom stereocenters. The van der Waals surface area contributed by atoms with Crippen LogP contribution >= 0.6 is 0 Å². The van der Waals surface area contributed by atoms with Crippen molar-refractivity contribution in [1.82, 2.24) is 0 Å². The van der Waals surface area contributed by atoms with Crippen LogP contribution in [0.4, 0.5) is 0 Å². The molecule has 0 fully saturated rings. The van der Waals surface area contributed by atoms with Gasteiger partial charge in [-0.25, -0.2) is 0 Å². The summed E-state index contributed by atoms with van der Waals surface area (Å²) in [4.78, 5) is 0. The van der Waals surface area contributed by atoms with Gasteiger partial charge in [-0.15, -0.1) is 0 Å². The summed E-state index contributed by atoms with van der Waals surface area (Å²) in [7, 11) is -2.45. The van der Waals surface area contributed by atoms with E-state index < -0.39 is 8.07 Å². The second-order valence-electron chi connectivity index (χ2n) is 9.39. The smallest absolute Gasteiger partial charge is 0.0623 e. The normalized spacial score (nSPS) is 13.7. The summed E-state index contributed by atoms with van der Waals surface area (Å²) in [6.07, 6.45) is 0. The van der Waals surface area contributed by atoms with E-state index in [9.17, 15) is 0 Å². The molecule has 1 heteroatoms. The van der Waals surface area contributed by atoms with Crippen LogP contribution < -0.4 is 20.7 Å². The van der Waals surface area contributed by atoms with Crippen molar-refractivity contribution in [3.63, 3.8) is 0 Å². The van der Waals surface area contributed by atoms with Crippen LogP contribution in [-0.2, 0) is 0 Å². The third-order valence-corrected chi connectivity index (χ3v) is 12.5. The van der Waals surface area contributed by atoms with Crippen LogP contribution in [0.15, 0.2) is 127 Å². The molecule has 34 heavy (non-hydrogen) atoms. The van der Waals surface area contributed by atoms with Gasteiger partial charge in [-0.05, 0) is 72.0 Å². The fourth-order valence-corrected chi connectivity index (χ4v) is 11.4. The van der Waals surface area contributed by atoms with Crippen molar-refractivity contribution >= 4 is 50.4 Å². The lowest BCUT2D eigenvalue weighted by Gasteiger charge is -2.31. The molecule has 0 aliphatic carbocycles. The van der Waals surface area contributed by atoms with Crippen LogP contribution in [0.2, 0.25) is 0 Å². The van der Waals surface area contributed by atoms with Crippen LogP contribution in [0, 0.1) is 6.92 Å². The Bertz CT molecular complexity index is 1660. The predicted molar refractivity (Wildman–Crippen MR) is 149 cm³/mol. The van der Waals surface area contributed by atoms with Crippen molar-refractivity contribution in [3.8, 4) is 11.1 Å². The number of fused-ring (bicyclic) bond motifs is 6. The number of hydrogen-bond acceptors (Lipinski definition) is 0. The minimum atomic E-state index is -2.45. The summed E-state index contributed by atoms with van der Waals surface area (Å²) < 4.78 is 0. The first-order valence-corrected chi connectivity index (χ1v) is 14.0. The van der Waals surface area contributed by atoms with Gasteiger partial charge in [0.1, 0.15) is 0 Å². The summed E-state index contributed by atoms with van der Waals surface area (Å²) in [5.74, 6) is 0. The molecule has 1 heterocycles. The van der Waals surface area contributed by atoms with Crippen molar-refractivity contribution in [2.45, 2.75) is 6.92 Å². The molecule has 0 saturated carbocycles. The number of rotatable bonds is 2. The molecule has 0 radical (unpaired) electrons. The fraction of sp³-hybridized carbons (Fsp3) is 0.0303. The van der Waals surface area contributed by atoms with E-state index in [1.165, 1.54) is 59.0 Å². The van der Waals surface area contributed by atoms with Crippen molar-refractivity contribution < 1.29 is 0 Å². The van der Waals surface area contributed by atoms with Gasteiger partial charge in [0.15, 0.2) is 8.07 Å². The molecule has 0 N–H and O–H groups in total. The third-order valence-electron chi connectivity index (χ3n) is 7.64. The lowest BCUT2D eigenvalue weighted by atomic mass is 9.94. The Morgan fingerprint density at radius 1 is 0.441 bits per heavy atom. The third kappa shape index (κ3) is 2.53. The first-order chi connectivity index (χ1) is 16.8. The Kier molecular flexibility index (Phi) is 4.18. The van der Waals surface area contributed by atoms with E-state index in [2.05, 4.69) is 134 Å². The van der Waals surface area contributed by atoms with Crippen LogP contribution in [-0.4, -0.2) is 8.07 Å². The zero-order chi connectivity index (χ0) is 22.7. The molecule has 1 aliphatic heterocycles. The molecule has 0 spiro atoms. The standard InChI is InChI=1S/C33H24Si/c1-23-20-24-12-8-9-17-27(24)30-22-33-31(21-29(23)30)28-18-10-11-19-32(28)34(33,25-13-4-2-5-14-25)26-15-6-3-7-16-26/h2-22H,1H3. The topological polar surface area (TPSA) is 0 Å². The summed E-state index contributed by atoms with van der Waals surface area (Å²) in [6.45, 7) is 2.25. The second-order valence-corrected chi connectivity index (χ2v) is 13.1. The molecule has 6 aromatic carbocycles. The van der Waals surface area contributed by atoms with Gasteiger partial charge in [-0.3, -0.25) is 0 Å². The van der Waals surface area contributed by atoms with E-state index in [4.69, 9.17) is 0 Å². The molecule has 7 rings (SSSR count). The zero-order valence-electron chi connectivity index (χ0n) is 19.1. The van der Waals surface area contributed by atoms with Crippen molar-refractivity contribution in [2.75, 3.05) is 0 Å². The summed E-state index contributed by atoms with van der Waals surface area (Å²) >= 11 is 0. The molecule has 1 aliphatic rings. The Morgan fingerprint density at radius 3 is 1.79 bits per heavy atom. The van der Waals surface area contributed by atoms with Gasteiger partial charge < -0.3 is 0 Å². The van der Waals surface area contributed by atoms with Crippen LogP contribution in [0.1, 0.15) is 5.56 Å². The number of benzene rings is 6. The highest BCUT2D eigenvalue weighted by molar-refractivity contribution is 7.22. The van der Waals surface area contributed by atoms with Gasteiger partial charge in [0.25, 0.3) is 0 Å². The average molecular weight is 449 g/mol. The maximum atomic E-state index is 2.55. The SMILES string of the molecule is Cc1cc2ccccc2c2cc3c(cc12)-c1ccccc1[Si]3(c1ccccc1)c1ccccc1. The highest BCUT2D eigenvalue weighted by atomic mass is 28.3. The molecule has 0 atom stereocenters. The molecular weight excluding hydrogens is 424 g/mol. The van der Waals surface area contributed by atoms with E-state index in [1.807, 2.05) is 0 Å². The molecule has 0 nitrogen and oxygen atoms in total. The zero-order valence-corrected chi connectivity index (χ0v) is 20.1.